The quantitative estimate of drug-likeness (QED) is 0.415. The molecule has 0 bridgehead atoms. The van der Waals surface area contributed by atoms with Crippen LogP contribution in [0.25, 0.3) is 0 Å². The van der Waals surface area contributed by atoms with E-state index in [0.29, 0.717) is 23.4 Å². The molecule has 1 aliphatic carbocycles. The summed E-state index contributed by atoms with van der Waals surface area (Å²) in [6, 6.07) is 0. The Morgan fingerprint density at radius 2 is 1.56 bits per heavy atom. The second-order valence-electron chi connectivity index (χ2n) is 6.64. The third kappa shape index (κ3) is 3.24. The van der Waals surface area contributed by atoms with Crippen LogP contribution in [0, 0.1) is 12.3 Å². The molecule has 0 aromatic carbocycles. The minimum absolute atomic E-state index is 0.00388. The van der Waals surface area contributed by atoms with Gasteiger partial charge in [-0.1, -0.05) is 13.3 Å². The minimum Gasteiger partial charge on any atom is -0.468 e. The predicted octanol–water partition coefficient (Wildman–Crippen LogP) is 1.17. The number of fused-ring (bicyclic) bond motifs is 1. The van der Waals surface area contributed by atoms with Crippen molar-refractivity contribution in [1.29, 1.82) is 0 Å². The van der Waals surface area contributed by atoms with Crippen molar-refractivity contribution < 1.29 is 28.6 Å². The molecule has 0 spiro atoms. The van der Waals surface area contributed by atoms with Crippen LogP contribution < -0.4 is 5.56 Å². The number of carbonyl (C=O) groups is 3. The summed E-state index contributed by atoms with van der Waals surface area (Å²) in [6.07, 6.45) is 1.48. The van der Waals surface area contributed by atoms with E-state index >= 15 is 0 Å². The molecule has 1 aliphatic rings. The molecule has 8 heteroatoms. The predicted molar refractivity (Wildman–Crippen MR) is 95.6 cm³/mol. The molecule has 2 rings (SSSR count). The lowest BCUT2D eigenvalue weighted by atomic mass is 9.84. The molecule has 0 saturated carbocycles. The van der Waals surface area contributed by atoms with E-state index in [1.54, 1.807) is 6.92 Å². The fraction of sp³-hybridized carbons (Fsp3) is 0.579. The maximum Gasteiger partial charge on any atom is 0.343 e. The van der Waals surface area contributed by atoms with Crippen LogP contribution in [0.5, 0.6) is 0 Å². The number of methoxy groups -OCH3 is 3. The smallest absolute Gasteiger partial charge is 0.343 e. The minimum atomic E-state index is -1.62. The van der Waals surface area contributed by atoms with E-state index in [1.807, 2.05) is 6.92 Å². The first-order valence-corrected chi connectivity index (χ1v) is 8.79. The molecule has 148 valence electrons. The normalized spacial score (nSPS) is 14.4. The number of rotatable bonds is 6. The van der Waals surface area contributed by atoms with Gasteiger partial charge in [0.25, 0.3) is 5.56 Å². The van der Waals surface area contributed by atoms with Crippen molar-refractivity contribution in [2.75, 3.05) is 21.3 Å². The van der Waals surface area contributed by atoms with Crippen molar-refractivity contribution in [3.8, 4) is 0 Å². The van der Waals surface area contributed by atoms with Crippen molar-refractivity contribution in [2.45, 2.75) is 46.1 Å². The van der Waals surface area contributed by atoms with Gasteiger partial charge in [-0.25, -0.2) is 4.79 Å². The Labute approximate surface area is 157 Å². The van der Waals surface area contributed by atoms with E-state index in [-0.39, 0.29) is 18.4 Å². The number of esters is 3. The van der Waals surface area contributed by atoms with Crippen LogP contribution in [0.2, 0.25) is 0 Å². The molecule has 0 radical (unpaired) electrons. The third-order valence-corrected chi connectivity index (χ3v) is 5.20. The first-order valence-electron chi connectivity index (χ1n) is 8.79. The molecular weight excluding hydrogens is 354 g/mol. The molecular formula is C19H25NO7. The van der Waals surface area contributed by atoms with E-state index in [0.717, 1.165) is 12.8 Å². The molecule has 0 saturated heterocycles. The monoisotopic (exact) mass is 379 g/mol. The van der Waals surface area contributed by atoms with Gasteiger partial charge in [0, 0.05) is 25.1 Å². The van der Waals surface area contributed by atoms with Gasteiger partial charge in [-0.3, -0.25) is 14.4 Å². The van der Waals surface area contributed by atoms with Crippen LogP contribution in [-0.4, -0.2) is 43.8 Å². The highest BCUT2D eigenvalue weighted by Crippen LogP contribution is 2.41. The fourth-order valence-electron chi connectivity index (χ4n) is 3.71. The summed E-state index contributed by atoms with van der Waals surface area (Å²) < 4.78 is 16.0. The van der Waals surface area contributed by atoms with E-state index in [1.165, 1.54) is 25.9 Å². The fourth-order valence-corrected chi connectivity index (χ4v) is 3.71. The van der Waals surface area contributed by atoms with Gasteiger partial charge in [0.05, 0.1) is 21.3 Å². The molecule has 0 amide bonds. The maximum absolute atomic E-state index is 13.0. The van der Waals surface area contributed by atoms with Crippen molar-refractivity contribution in [2.24, 2.45) is 5.41 Å². The zero-order valence-corrected chi connectivity index (χ0v) is 16.3. The van der Waals surface area contributed by atoms with Crippen molar-refractivity contribution >= 4 is 17.9 Å². The molecule has 0 N–H and O–H groups in total. The first-order chi connectivity index (χ1) is 12.8. The van der Waals surface area contributed by atoms with E-state index in [2.05, 4.69) is 0 Å². The number of ether oxygens (including phenoxy) is 3. The summed E-state index contributed by atoms with van der Waals surface area (Å²) in [7, 11) is 3.56. The van der Waals surface area contributed by atoms with Crippen LogP contribution in [0.4, 0.5) is 0 Å². The van der Waals surface area contributed by atoms with Gasteiger partial charge >= 0.3 is 17.9 Å². The second-order valence-corrected chi connectivity index (χ2v) is 6.64. The number of nitrogens with zero attached hydrogens (tertiary/aromatic N) is 1. The SMILES string of the molecule is CCCCn1c(C)c2c(c(C(=O)OC)c1=O)CC(C(=O)OC)(C(=O)OC)C2. The molecule has 8 nitrogen and oxygen atoms in total. The Kier molecular flexibility index (Phi) is 6.08. The Morgan fingerprint density at radius 1 is 1.00 bits per heavy atom. The highest BCUT2D eigenvalue weighted by Gasteiger charge is 2.54. The van der Waals surface area contributed by atoms with Gasteiger partial charge in [-0.15, -0.1) is 0 Å². The van der Waals surface area contributed by atoms with Gasteiger partial charge in [0.15, 0.2) is 5.41 Å². The topological polar surface area (TPSA) is 101 Å². The first kappa shape index (κ1) is 20.7. The Bertz CT molecular complexity index is 821. The summed E-state index contributed by atoms with van der Waals surface area (Å²) in [5, 5.41) is 0. The number of aromatic nitrogens is 1. The lowest BCUT2D eigenvalue weighted by Crippen LogP contribution is -2.42. The van der Waals surface area contributed by atoms with Crippen LogP contribution in [0.3, 0.4) is 0 Å². The van der Waals surface area contributed by atoms with Crippen LogP contribution in [-0.2, 0) is 43.2 Å². The Hall–Kier alpha value is -2.64. The van der Waals surface area contributed by atoms with Crippen LogP contribution in [0.1, 0.15) is 46.9 Å². The average Bonchev–Trinajstić information content (AvgIpc) is 3.08. The number of carbonyl (C=O) groups excluding carboxylic acids is 3. The molecule has 0 fully saturated rings. The van der Waals surface area contributed by atoms with Crippen molar-refractivity contribution in [3.63, 3.8) is 0 Å². The zero-order chi connectivity index (χ0) is 20.4. The zero-order valence-electron chi connectivity index (χ0n) is 16.3. The van der Waals surface area contributed by atoms with Gasteiger partial charge in [-0.2, -0.15) is 0 Å². The number of hydrogen-bond acceptors (Lipinski definition) is 7. The Balaban J connectivity index is 2.76. The van der Waals surface area contributed by atoms with Crippen molar-refractivity contribution in [1.82, 2.24) is 4.57 Å². The highest BCUT2D eigenvalue weighted by molar-refractivity contribution is 6.02. The summed E-state index contributed by atoms with van der Waals surface area (Å²) in [6.45, 7) is 4.18. The summed E-state index contributed by atoms with van der Waals surface area (Å²) in [4.78, 5) is 50.3. The summed E-state index contributed by atoms with van der Waals surface area (Å²) in [5.74, 6) is -2.30. The molecule has 0 atom stereocenters. The highest BCUT2D eigenvalue weighted by atomic mass is 16.5. The van der Waals surface area contributed by atoms with Crippen LogP contribution in [0.15, 0.2) is 4.79 Å². The lowest BCUT2D eigenvalue weighted by molar-refractivity contribution is -0.168. The molecule has 1 aromatic heterocycles. The summed E-state index contributed by atoms with van der Waals surface area (Å²) >= 11 is 0. The van der Waals surface area contributed by atoms with Crippen molar-refractivity contribution in [3.05, 3.63) is 32.7 Å². The van der Waals surface area contributed by atoms with Gasteiger partial charge in [0.2, 0.25) is 0 Å². The number of pyridine rings is 1. The molecule has 27 heavy (non-hydrogen) atoms. The van der Waals surface area contributed by atoms with Gasteiger partial charge < -0.3 is 18.8 Å². The van der Waals surface area contributed by atoms with E-state index in [4.69, 9.17) is 14.2 Å². The lowest BCUT2D eigenvalue weighted by Gasteiger charge is -2.22. The standard InChI is InChI=1S/C19H25NO7/c1-6-7-8-20-11(2)12-9-19(17(23)26-4,18(24)27-5)10-13(12)14(15(20)21)16(22)25-3/h6-10H2,1-5H3. The van der Waals surface area contributed by atoms with Crippen LogP contribution >= 0.6 is 0 Å². The third-order valence-electron chi connectivity index (χ3n) is 5.20. The maximum atomic E-state index is 13.0. The number of unbranched alkanes of at least 4 members (excludes halogenated alkanes) is 1. The molecule has 0 aliphatic heterocycles. The van der Waals surface area contributed by atoms with E-state index in [9.17, 15) is 19.2 Å². The molecule has 1 heterocycles. The Morgan fingerprint density at radius 3 is 2.04 bits per heavy atom. The largest absolute Gasteiger partial charge is 0.468 e. The molecule has 0 unspecified atom stereocenters. The average molecular weight is 379 g/mol. The molecule has 1 aromatic rings. The summed E-state index contributed by atoms with van der Waals surface area (Å²) in [5.41, 5.74) is -0.628. The number of hydrogen-bond donors (Lipinski definition) is 0. The van der Waals surface area contributed by atoms with Gasteiger partial charge in [0.1, 0.15) is 5.56 Å². The van der Waals surface area contributed by atoms with E-state index < -0.39 is 28.9 Å². The second kappa shape index (κ2) is 7.94. The van der Waals surface area contributed by atoms with Gasteiger partial charge in [-0.05, 0) is 24.5 Å².